The molecule has 0 aliphatic carbocycles. The first kappa shape index (κ1) is 22.0. The van der Waals surface area contributed by atoms with Crippen LogP contribution < -0.4 is 14.8 Å². The second-order valence-corrected chi connectivity index (χ2v) is 8.76. The molecule has 10 nitrogen and oxygen atoms in total. The first-order valence-corrected chi connectivity index (χ1v) is 10.9. The summed E-state index contributed by atoms with van der Waals surface area (Å²) in [6.45, 7) is -0.0470. The molecular weight excluding hydrogens is 444 g/mol. The van der Waals surface area contributed by atoms with Gasteiger partial charge in [-0.2, -0.15) is 17.7 Å². The first-order chi connectivity index (χ1) is 14.2. The Hall–Kier alpha value is -2.71. The third-order valence-corrected chi connectivity index (χ3v) is 6.37. The van der Waals surface area contributed by atoms with Crippen LogP contribution in [0.15, 0.2) is 29.4 Å². The lowest BCUT2D eigenvalue weighted by molar-refractivity contribution is 0.168. The minimum atomic E-state index is -3.98. The largest absolute Gasteiger partial charge is 0.481 e. The van der Waals surface area contributed by atoms with Crippen LogP contribution >= 0.6 is 11.8 Å². The summed E-state index contributed by atoms with van der Waals surface area (Å²) in [4.78, 5) is 18.7. The lowest BCUT2D eigenvalue weighted by atomic mass is 10.2. The van der Waals surface area contributed by atoms with Gasteiger partial charge in [0.1, 0.15) is 5.82 Å². The van der Waals surface area contributed by atoms with Gasteiger partial charge < -0.3 is 15.2 Å². The van der Waals surface area contributed by atoms with Crippen molar-refractivity contribution < 1.29 is 31.8 Å². The summed E-state index contributed by atoms with van der Waals surface area (Å²) in [7, 11) is -2.65. The van der Waals surface area contributed by atoms with Crippen molar-refractivity contribution in [3.05, 3.63) is 41.5 Å². The molecule has 1 saturated heterocycles. The van der Waals surface area contributed by atoms with E-state index in [-0.39, 0.29) is 41.3 Å². The highest BCUT2D eigenvalue weighted by atomic mass is 32.2. The molecule has 1 aromatic heterocycles. The van der Waals surface area contributed by atoms with Crippen LogP contribution in [-0.4, -0.2) is 60.1 Å². The second-order valence-electron chi connectivity index (χ2n) is 6.15. The molecule has 1 aromatic carbocycles. The van der Waals surface area contributed by atoms with Gasteiger partial charge in [-0.05, 0) is 6.07 Å². The van der Waals surface area contributed by atoms with E-state index in [1.54, 1.807) is 0 Å². The van der Waals surface area contributed by atoms with Gasteiger partial charge in [0.05, 0.1) is 13.2 Å². The third kappa shape index (κ3) is 5.25. The maximum Gasteiger partial charge on any atom is 0.404 e. The fourth-order valence-electron chi connectivity index (χ4n) is 2.52. The number of carboxylic acid groups (broad SMARTS) is 1. The summed E-state index contributed by atoms with van der Waals surface area (Å²) in [5.41, 5.74) is 0.103. The minimum absolute atomic E-state index is 0.0115. The van der Waals surface area contributed by atoms with Gasteiger partial charge in [0.15, 0.2) is 16.8 Å². The minimum Gasteiger partial charge on any atom is -0.481 e. The first-order valence-electron chi connectivity index (χ1n) is 8.44. The fourth-order valence-corrected chi connectivity index (χ4v) is 4.60. The molecule has 0 spiro atoms. The molecule has 14 heteroatoms. The fraction of sp³-hybridized carbons (Fsp3) is 0.312. The lowest BCUT2D eigenvalue weighted by Gasteiger charge is -2.37. The standard InChI is InChI=1S/C16H17F2N5O5S2/c1-28-13-5-12(22-30(26,27)23-6-10(7-23)19-16(24)25)20-15(21-13)29-8-9-3-2-4-11(17)14(9)18/h2-5,10,19H,6-8H2,1H3,(H,24,25)(H,20,21,22). The highest BCUT2D eigenvalue weighted by Crippen LogP contribution is 2.26. The van der Waals surface area contributed by atoms with Crippen molar-refractivity contribution in [3.63, 3.8) is 0 Å². The average molecular weight is 461 g/mol. The summed E-state index contributed by atoms with van der Waals surface area (Å²) in [6, 6.07) is 4.56. The highest BCUT2D eigenvalue weighted by molar-refractivity contribution is 7.98. The number of amides is 1. The number of nitrogens with one attached hydrogen (secondary N) is 2. The normalized spacial score (nSPS) is 14.8. The topological polar surface area (TPSA) is 134 Å². The SMILES string of the molecule is COc1cc(NS(=O)(=O)N2CC(NC(=O)O)C2)nc(SCc2cccc(F)c2F)n1. The van der Waals surface area contributed by atoms with Crippen molar-refractivity contribution in [2.75, 3.05) is 24.9 Å². The number of halogens is 2. The number of thioether (sulfide) groups is 1. The molecule has 1 fully saturated rings. The number of benzene rings is 1. The Labute approximate surface area is 174 Å². The molecule has 1 amide bonds. The molecular formula is C16H17F2N5O5S2. The van der Waals surface area contributed by atoms with E-state index in [0.29, 0.717) is 0 Å². The molecule has 0 bridgehead atoms. The number of hydrogen-bond donors (Lipinski definition) is 3. The van der Waals surface area contributed by atoms with Crippen LogP contribution in [0.2, 0.25) is 0 Å². The number of anilines is 1. The maximum absolute atomic E-state index is 13.8. The number of hydrogen-bond acceptors (Lipinski definition) is 7. The van der Waals surface area contributed by atoms with Crippen LogP contribution in [0, 0.1) is 11.6 Å². The zero-order valence-electron chi connectivity index (χ0n) is 15.5. The number of rotatable bonds is 8. The van der Waals surface area contributed by atoms with Crippen molar-refractivity contribution in [3.8, 4) is 5.88 Å². The van der Waals surface area contributed by atoms with E-state index in [4.69, 9.17) is 9.84 Å². The molecule has 0 unspecified atom stereocenters. The number of ether oxygens (including phenoxy) is 1. The molecule has 3 rings (SSSR count). The molecule has 0 saturated carbocycles. The van der Waals surface area contributed by atoms with E-state index < -0.39 is 34.0 Å². The van der Waals surface area contributed by atoms with Gasteiger partial charge in [0.25, 0.3) is 0 Å². The number of methoxy groups -OCH3 is 1. The summed E-state index contributed by atoms with van der Waals surface area (Å²) in [6.07, 6.45) is -1.23. The summed E-state index contributed by atoms with van der Waals surface area (Å²) >= 11 is 0.969. The predicted octanol–water partition coefficient (Wildman–Crippen LogP) is 1.66. The summed E-state index contributed by atoms with van der Waals surface area (Å²) in [5.74, 6) is -1.95. The van der Waals surface area contributed by atoms with E-state index in [1.165, 1.54) is 25.3 Å². The zero-order chi connectivity index (χ0) is 21.9. The maximum atomic E-state index is 13.8. The predicted molar refractivity (Wildman–Crippen MR) is 104 cm³/mol. The molecule has 0 radical (unpaired) electrons. The quantitative estimate of drug-likeness (QED) is 0.399. The summed E-state index contributed by atoms with van der Waals surface area (Å²) < 4.78 is 60.3. The van der Waals surface area contributed by atoms with Crippen LogP contribution in [0.1, 0.15) is 5.56 Å². The molecule has 0 atom stereocenters. The molecule has 1 aliphatic rings. The van der Waals surface area contributed by atoms with Crippen LogP contribution in [0.3, 0.4) is 0 Å². The number of aromatic nitrogens is 2. The number of carbonyl (C=O) groups is 1. The van der Waals surface area contributed by atoms with Crippen LogP contribution in [-0.2, 0) is 16.0 Å². The van der Waals surface area contributed by atoms with E-state index in [2.05, 4.69) is 20.0 Å². The van der Waals surface area contributed by atoms with E-state index >= 15 is 0 Å². The highest BCUT2D eigenvalue weighted by Gasteiger charge is 2.37. The van der Waals surface area contributed by atoms with Crippen LogP contribution in [0.4, 0.5) is 19.4 Å². The molecule has 162 valence electrons. The van der Waals surface area contributed by atoms with E-state index in [9.17, 15) is 22.0 Å². The summed E-state index contributed by atoms with van der Waals surface area (Å²) in [5, 5.41) is 10.9. The van der Waals surface area contributed by atoms with Gasteiger partial charge >= 0.3 is 16.3 Å². The van der Waals surface area contributed by atoms with Crippen molar-refractivity contribution in [1.29, 1.82) is 0 Å². The van der Waals surface area contributed by atoms with Gasteiger partial charge in [0.2, 0.25) is 5.88 Å². The van der Waals surface area contributed by atoms with E-state index in [0.717, 1.165) is 22.1 Å². The molecule has 30 heavy (non-hydrogen) atoms. The molecule has 1 aliphatic heterocycles. The monoisotopic (exact) mass is 461 g/mol. The van der Waals surface area contributed by atoms with Gasteiger partial charge in [0, 0.05) is 30.5 Å². The van der Waals surface area contributed by atoms with Crippen molar-refractivity contribution >= 4 is 33.9 Å². The smallest absolute Gasteiger partial charge is 0.404 e. The van der Waals surface area contributed by atoms with Crippen LogP contribution in [0.5, 0.6) is 5.88 Å². The Kier molecular flexibility index (Phi) is 6.58. The third-order valence-electron chi connectivity index (χ3n) is 4.03. The average Bonchev–Trinajstić information content (AvgIpc) is 2.64. The van der Waals surface area contributed by atoms with Gasteiger partial charge in [-0.1, -0.05) is 23.9 Å². The molecule has 2 aromatic rings. The van der Waals surface area contributed by atoms with Gasteiger partial charge in [-0.25, -0.2) is 18.6 Å². The zero-order valence-corrected chi connectivity index (χ0v) is 17.1. The van der Waals surface area contributed by atoms with Gasteiger partial charge in [-0.15, -0.1) is 0 Å². The Morgan fingerprint density at radius 1 is 1.37 bits per heavy atom. The Morgan fingerprint density at radius 2 is 2.10 bits per heavy atom. The number of nitrogens with zero attached hydrogens (tertiary/aromatic N) is 3. The van der Waals surface area contributed by atoms with Crippen molar-refractivity contribution in [2.24, 2.45) is 0 Å². The second kappa shape index (κ2) is 8.97. The Balaban J connectivity index is 1.70. The molecule has 2 heterocycles. The Morgan fingerprint density at radius 3 is 2.77 bits per heavy atom. The lowest BCUT2D eigenvalue weighted by Crippen LogP contribution is -2.61. The van der Waals surface area contributed by atoms with Crippen molar-refractivity contribution in [1.82, 2.24) is 19.6 Å². The molecule has 3 N–H and O–H groups in total. The Bertz CT molecular complexity index is 1050. The van der Waals surface area contributed by atoms with Crippen molar-refractivity contribution in [2.45, 2.75) is 17.0 Å². The van der Waals surface area contributed by atoms with Crippen LogP contribution in [0.25, 0.3) is 0 Å². The van der Waals surface area contributed by atoms with Gasteiger partial charge in [-0.3, -0.25) is 4.72 Å². The van der Waals surface area contributed by atoms with E-state index in [1.807, 2.05) is 0 Å².